The van der Waals surface area contributed by atoms with E-state index in [1.54, 1.807) is 24.8 Å². The number of carbonyl (C=O) groups is 1. The largest absolute Gasteiger partial charge is 0.338 e. The fraction of sp³-hybridized carbons (Fsp3) is 0.364. The summed E-state index contributed by atoms with van der Waals surface area (Å²) < 4.78 is 40.4. The average Bonchev–Trinajstić information content (AvgIpc) is 2.92. The summed E-state index contributed by atoms with van der Waals surface area (Å²) in [5, 5.41) is 10.3. The Kier molecular flexibility index (Phi) is 8.07. The molecule has 1 aliphatic rings. The molecule has 1 amide bonds. The minimum Gasteiger partial charge on any atom is -0.338 e. The number of pyridine rings is 1. The van der Waals surface area contributed by atoms with Gasteiger partial charge in [0.1, 0.15) is 5.82 Å². The van der Waals surface area contributed by atoms with Crippen molar-refractivity contribution in [2.45, 2.75) is 18.9 Å². The lowest BCUT2D eigenvalue weighted by atomic mass is 10.1. The zero-order chi connectivity index (χ0) is 25.5. The maximum absolute atomic E-state index is 13.1. The molecule has 0 saturated carbocycles. The first-order chi connectivity index (χ1) is 17.4. The van der Waals surface area contributed by atoms with Crippen LogP contribution < -0.4 is 4.90 Å². The number of rotatable bonds is 10. The summed E-state index contributed by atoms with van der Waals surface area (Å²) in [5.41, 5.74) is 1.80. The number of anilines is 1. The van der Waals surface area contributed by atoms with Crippen LogP contribution in [0.1, 0.15) is 12.2 Å². The molecule has 0 aromatic carbocycles. The first-order valence-corrected chi connectivity index (χ1v) is 12.8. The van der Waals surface area contributed by atoms with Gasteiger partial charge in [0.05, 0.1) is 24.2 Å². The van der Waals surface area contributed by atoms with Gasteiger partial charge >= 0.3 is 0 Å². The highest BCUT2D eigenvalue weighted by atomic mass is 32.2. The second-order valence-electron chi connectivity index (χ2n) is 8.17. The first-order valence-electron chi connectivity index (χ1n) is 11.2. The molecule has 1 aliphatic heterocycles. The zero-order valence-electron chi connectivity index (χ0n) is 19.3. The van der Waals surface area contributed by atoms with Crippen LogP contribution in [0.5, 0.6) is 0 Å². The molecular weight excluding hydrogens is 491 g/mol. The smallest absolute Gasteiger partial charge is 0.233 e. The van der Waals surface area contributed by atoms with Crippen molar-refractivity contribution in [1.82, 2.24) is 34.3 Å². The first kappa shape index (κ1) is 25.5. The molecule has 1 unspecified atom stereocenters. The molecule has 4 heterocycles. The molecule has 0 radical (unpaired) electrons. The van der Waals surface area contributed by atoms with E-state index in [4.69, 9.17) is 0 Å². The molecule has 0 bridgehead atoms. The van der Waals surface area contributed by atoms with Crippen molar-refractivity contribution in [3.05, 3.63) is 61.0 Å². The van der Waals surface area contributed by atoms with E-state index in [1.165, 1.54) is 4.31 Å². The lowest BCUT2D eigenvalue weighted by molar-refractivity contribution is -0.158. The van der Waals surface area contributed by atoms with E-state index in [0.29, 0.717) is 24.1 Å². The van der Waals surface area contributed by atoms with Gasteiger partial charge < -0.3 is 4.90 Å². The van der Waals surface area contributed by atoms with Crippen molar-refractivity contribution < 1.29 is 22.8 Å². The van der Waals surface area contributed by atoms with Crippen molar-refractivity contribution in [2.24, 2.45) is 0 Å². The minimum atomic E-state index is -3.80. The van der Waals surface area contributed by atoms with Crippen LogP contribution in [0.2, 0.25) is 0 Å². The van der Waals surface area contributed by atoms with Crippen LogP contribution in [0.3, 0.4) is 0 Å². The molecule has 12 nitrogen and oxygen atoms in total. The number of nitrogens with zero attached hydrogens (tertiary/aromatic N) is 8. The van der Waals surface area contributed by atoms with Gasteiger partial charge in [0.15, 0.2) is 5.82 Å². The molecule has 1 atom stereocenters. The molecular formula is C22H25FN8O4S. The molecule has 3 aromatic heterocycles. The Morgan fingerprint density at radius 1 is 1.00 bits per heavy atom. The molecule has 0 spiro atoms. The number of amides is 1. The van der Waals surface area contributed by atoms with E-state index in [-0.39, 0.29) is 38.2 Å². The third-order valence-corrected chi connectivity index (χ3v) is 7.78. The molecule has 1 N–H and O–H groups in total. The lowest BCUT2D eigenvalue weighted by Gasteiger charge is -2.35. The van der Waals surface area contributed by atoms with Crippen molar-refractivity contribution in [2.75, 3.05) is 36.8 Å². The SMILES string of the molecule is O=CN(O)C(CCc1ncc(F)cn1)CS(=O)(=O)N1CCN(c2ncc(-c3ccncc3)cn2)CC1. The molecule has 3 aromatic rings. The van der Waals surface area contributed by atoms with Gasteiger partial charge in [0.25, 0.3) is 0 Å². The molecule has 1 fully saturated rings. The van der Waals surface area contributed by atoms with Gasteiger partial charge in [-0.2, -0.15) is 4.31 Å². The van der Waals surface area contributed by atoms with Crippen molar-refractivity contribution in [3.63, 3.8) is 0 Å². The van der Waals surface area contributed by atoms with Crippen molar-refractivity contribution in [1.29, 1.82) is 0 Å². The number of carbonyl (C=O) groups excluding carboxylic acids is 1. The van der Waals surface area contributed by atoms with Crippen molar-refractivity contribution in [3.8, 4) is 11.1 Å². The highest BCUT2D eigenvalue weighted by Crippen LogP contribution is 2.20. The predicted molar refractivity (Wildman–Crippen MR) is 127 cm³/mol. The highest BCUT2D eigenvalue weighted by Gasteiger charge is 2.32. The van der Waals surface area contributed by atoms with Crippen LogP contribution >= 0.6 is 0 Å². The van der Waals surface area contributed by atoms with Gasteiger partial charge in [-0.25, -0.2) is 37.8 Å². The van der Waals surface area contributed by atoms with Crippen LogP contribution in [0.25, 0.3) is 11.1 Å². The number of halogens is 1. The van der Waals surface area contributed by atoms with E-state index >= 15 is 0 Å². The van der Waals surface area contributed by atoms with Crippen LogP contribution in [-0.4, -0.2) is 92.3 Å². The van der Waals surface area contributed by atoms with Crippen LogP contribution in [0.4, 0.5) is 10.3 Å². The third-order valence-electron chi connectivity index (χ3n) is 5.83. The quantitative estimate of drug-likeness (QED) is 0.233. The van der Waals surface area contributed by atoms with Gasteiger partial charge in [0, 0.05) is 63.0 Å². The Labute approximate surface area is 207 Å². The van der Waals surface area contributed by atoms with Gasteiger partial charge in [-0.05, 0) is 24.1 Å². The van der Waals surface area contributed by atoms with E-state index in [0.717, 1.165) is 23.5 Å². The fourth-order valence-electron chi connectivity index (χ4n) is 3.83. The molecule has 1 saturated heterocycles. The number of sulfonamides is 1. The Balaban J connectivity index is 1.34. The Morgan fingerprint density at radius 2 is 1.64 bits per heavy atom. The molecule has 4 rings (SSSR count). The molecule has 0 aliphatic carbocycles. The summed E-state index contributed by atoms with van der Waals surface area (Å²) in [6.45, 7) is 1.19. The third kappa shape index (κ3) is 6.33. The lowest BCUT2D eigenvalue weighted by Crippen LogP contribution is -2.51. The Bertz CT molecular complexity index is 1240. The predicted octanol–water partition coefficient (Wildman–Crippen LogP) is 0.768. The van der Waals surface area contributed by atoms with E-state index < -0.39 is 27.6 Å². The molecule has 36 heavy (non-hydrogen) atoms. The van der Waals surface area contributed by atoms with Crippen LogP contribution in [-0.2, 0) is 21.2 Å². The van der Waals surface area contributed by atoms with Crippen LogP contribution in [0.15, 0.2) is 49.3 Å². The minimum absolute atomic E-state index is 0.0811. The van der Waals surface area contributed by atoms with E-state index in [1.807, 2.05) is 17.0 Å². The van der Waals surface area contributed by atoms with Gasteiger partial charge in [0.2, 0.25) is 22.4 Å². The normalized spacial score (nSPS) is 15.4. The molecule has 190 valence electrons. The second-order valence-corrected chi connectivity index (χ2v) is 10.2. The average molecular weight is 517 g/mol. The van der Waals surface area contributed by atoms with Gasteiger partial charge in [-0.3, -0.25) is 15.0 Å². The number of hydrogen-bond acceptors (Lipinski definition) is 10. The zero-order valence-corrected chi connectivity index (χ0v) is 20.1. The summed E-state index contributed by atoms with van der Waals surface area (Å²) in [7, 11) is -3.80. The van der Waals surface area contributed by atoms with Gasteiger partial charge in [-0.1, -0.05) is 0 Å². The van der Waals surface area contributed by atoms with Crippen LogP contribution in [0, 0.1) is 5.82 Å². The molecule has 14 heteroatoms. The number of hydroxylamine groups is 2. The monoisotopic (exact) mass is 516 g/mol. The number of aromatic nitrogens is 5. The van der Waals surface area contributed by atoms with Gasteiger partial charge in [-0.15, -0.1) is 0 Å². The Hall–Kier alpha value is -3.62. The maximum Gasteiger partial charge on any atom is 0.233 e. The highest BCUT2D eigenvalue weighted by molar-refractivity contribution is 7.89. The summed E-state index contributed by atoms with van der Waals surface area (Å²) in [4.78, 5) is 33.5. The maximum atomic E-state index is 13.1. The summed E-state index contributed by atoms with van der Waals surface area (Å²) in [6, 6.07) is 2.71. The number of hydrogen-bond donors (Lipinski definition) is 1. The standard InChI is InChI=1S/C22H25FN8O4S/c23-19-13-25-21(26-14-19)2-1-20(31(33)16-32)15-36(34,35)30-9-7-29(8-10-30)22-27-11-18(12-28-22)17-3-5-24-6-4-17/h3-6,11-14,16,20,33H,1-2,7-10,15H2. The number of piperazine rings is 1. The summed E-state index contributed by atoms with van der Waals surface area (Å²) >= 11 is 0. The second kappa shape index (κ2) is 11.4. The Morgan fingerprint density at radius 3 is 2.25 bits per heavy atom. The topological polar surface area (TPSA) is 146 Å². The summed E-state index contributed by atoms with van der Waals surface area (Å²) in [6.07, 6.45) is 9.21. The number of aryl methyl sites for hydroxylation is 1. The fourth-order valence-corrected chi connectivity index (χ4v) is 5.57. The van der Waals surface area contributed by atoms with E-state index in [9.17, 15) is 22.8 Å². The van der Waals surface area contributed by atoms with E-state index in [2.05, 4.69) is 24.9 Å². The van der Waals surface area contributed by atoms with Crippen molar-refractivity contribution >= 4 is 22.4 Å². The summed E-state index contributed by atoms with van der Waals surface area (Å²) in [5.74, 6) is -0.282.